The van der Waals surface area contributed by atoms with Crippen molar-refractivity contribution < 1.29 is 0 Å². The molecule has 2 aromatic rings. The zero-order valence-electron chi connectivity index (χ0n) is 11.2. The number of aromatic nitrogens is 4. The van der Waals surface area contributed by atoms with Gasteiger partial charge in [0.25, 0.3) is 0 Å². The summed E-state index contributed by atoms with van der Waals surface area (Å²) in [7, 11) is 1.77. The molecule has 1 unspecified atom stereocenters. The Morgan fingerprint density at radius 2 is 2.05 bits per heavy atom. The summed E-state index contributed by atoms with van der Waals surface area (Å²) in [5.41, 5.74) is 1.19. The fourth-order valence-electron chi connectivity index (χ4n) is 1.91. The topological polar surface area (TPSA) is 55.6 Å². The Morgan fingerprint density at radius 3 is 2.63 bits per heavy atom. The van der Waals surface area contributed by atoms with Crippen molar-refractivity contribution in [1.82, 2.24) is 25.5 Å². The van der Waals surface area contributed by atoms with Crippen molar-refractivity contribution in [3.63, 3.8) is 0 Å². The maximum atomic E-state index is 5.93. The summed E-state index contributed by atoms with van der Waals surface area (Å²) in [6.07, 6.45) is 1.80. The van der Waals surface area contributed by atoms with Gasteiger partial charge >= 0.3 is 0 Å². The van der Waals surface area contributed by atoms with Crippen LogP contribution in [-0.4, -0.2) is 26.8 Å². The van der Waals surface area contributed by atoms with E-state index in [0.717, 1.165) is 30.2 Å². The minimum atomic E-state index is 0.182. The summed E-state index contributed by atoms with van der Waals surface area (Å²) in [5.74, 6) is 0.742. The van der Waals surface area contributed by atoms with Crippen molar-refractivity contribution in [3.8, 4) is 0 Å². The lowest BCUT2D eigenvalue weighted by Crippen LogP contribution is -2.24. The fraction of sp³-hybridized carbons (Fsp3) is 0.462. The molecule has 1 heterocycles. The molecular formula is C13H18ClN5. The number of hydrogen-bond donors (Lipinski definition) is 1. The van der Waals surface area contributed by atoms with Crippen molar-refractivity contribution in [2.45, 2.75) is 25.8 Å². The van der Waals surface area contributed by atoms with Crippen LogP contribution in [0, 0.1) is 0 Å². The molecule has 0 aliphatic heterocycles. The second kappa shape index (κ2) is 6.63. The van der Waals surface area contributed by atoms with Crippen LogP contribution in [0.1, 0.15) is 30.8 Å². The van der Waals surface area contributed by atoms with E-state index in [1.807, 2.05) is 24.3 Å². The number of rotatable bonds is 6. The van der Waals surface area contributed by atoms with Gasteiger partial charge in [0.1, 0.15) is 0 Å². The Morgan fingerprint density at radius 1 is 1.32 bits per heavy atom. The molecule has 1 atom stereocenters. The zero-order chi connectivity index (χ0) is 13.7. The van der Waals surface area contributed by atoms with E-state index in [2.05, 4.69) is 27.7 Å². The zero-order valence-corrected chi connectivity index (χ0v) is 11.9. The summed E-state index contributed by atoms with van der Waals surface area (Å²) >= 11 is 5.93. The van der Waals surface area contributed by atoms with Gasteiger partial charge in [0.2, 0.25) is 0 Å². The number of tetrazole rings is 1. The van der Waals surface area contributed by atoms with Crippen molar-refractivity contribution in [1.29, 1.82) is 0 Å². The largest absolute Gasteiger partial charge is 0.310 e. The van der Waals surface area contributed by atoms with Crippen molar-refractivity contribution in [3.05, 3.63) is 40.7 Å². The monoisotopic (exact) mass is 279 g/mol. The van der Waals surface area contributed by atoms with E-state index in [9.17, 15) is 0 Å². The van der Waals surface area contributed by atoms with E-state index in [4.69, 9.17) is 11.6 Å². The van der Waals surface area contributed by atoms with Crippen LogP contribution in [0.15, 0.2) is 24.3 Å². The molecule has 6 heteroatoms. The average Bonchev–Trinajstić information content (AvgIpc) is 2.81. The Hall–Kier alpha value is -1.46. The molecule has 0 aliphatic rings. The van der Waals surface area contributed by atoms with Gasteiger partial charge in [-0.1, -0.05) is 30.7 Å². The minimum Gasteiger partial charge on any atom is -0.310 e. The molecule has 19 heavy (non-hydrogen) atoms. The third-order valence-corrected chi connectivity index (χ3v) is 3.10. The van der Waals surface area contributed by atoms with E-state index in [0.29, 0.717) is 0 Å². The van der Waals surface area contributed by atoms with Gasteiger partial charge in [-0.25, -0.2) is 0 Å². The maximum Gasteiger partial charge on any atom is 0.176 e. The van der Waals surface area contributed by atoms with Gasteiger partial charge in [0.05, 0.1) is 7.05 Å². The van der Waals surface area contributed by atoms with Crippen LogP contribution >= 0.6 is 11.6 Å². The predicted octanol–water partition coefficient (Wildman–Crippen LogP) is 2.15. The van der Waals surface area contributed by atoms with Gasteiger partial charge in [-0.3, -0.25) is 0 Å². The number of nitrogens with one attached hydrogen (secondary N) is 1. The van der Waals surface area contributed by atoms with E-state index < -0.39 is 0 Å². The predicted molar refractivity (Wildman–Crippen MR) is 75.0 cm³/mol. The van der Waals surface area contributed by atoms with Crippen LogP contribution < -0.4 is 5.32 Å². The van der Waals surface area contributed by atoms with Crippen LogP contribution in [0.5, 0.6) is 0 Å². The first kappa shape index (κ1) is 14.0. The van der Waals surface area contributed by atoms with Gasteiger partial charge in [-0.05, 0) is 35.9 Å². The minimum absolute atomic E-state index is 0.182. The molecule has 0 radical (unpaired) electrons. The van der Waals surface area contributed by atoms with E-state index in [1.165, 1.54) is 10.4 Å². The molecule has 0 saturated carbocycles. The van der Waals surface area contributed by atoms with Crippen LogP contribution in [-0.2, 0) is 13.5 Å². The molecule has 2 rings (SSSR count). The molecule has 102 valence electrons. The highest BCUT2D eigenvalue weighted by Crippen LogP contribution is 2.19. The molecule has 0 fully saturated rings. The van der Waals surface area contributed by atoms with Gasteiger partial charge in [-0.15, -0.1) is 10.2 Å². The molecule has 0 spiro atoms. The third-order valence-electron chi connectivity index (χ3n) is 2.85. The second-order valence-electron chi connectivity index (χ2n) is 4.46. The third kappa shape index (κ3) is 4.01. The highest BCUT2D eigenvalue weighted by Gasteiger charge is 2.14. The summed E-state index contributed by atoms with van der Waals surface area (Å²) < 4.78 is 0. The Balaban J connectivity index is 2.13. The lowest BCUT2D eigenvalue weighted by Gasteiger charge is -2.17. The smallest absolute Gasteiger partial charge is 0.176 e. The lowest BCUT2D eigenvalue weighted by molar-refractivity contribution is 0.517. The summed E-state index contributed by atoms with van der Waals surface area (Å²) in [4.78, 5) is 1.48. The SMILES string of the molecule is CCCNC(Cc1nnn(C)n1)c1ccc(Cl)cc1. The van der Waals surface area contributed by atoms with Crippen molar-refractivity contribution in [2.75, 3.05) is 6.54 Å². The van der Waals surface area contributed by atoms with Gasteiger partial charge in [-0.2, -0.15) is 4.80 Å². The number of aryl methyl sites for hydroxylation is 1. The molecule has 1 N–H and O–H groups in total. The molecule has 0 bridgehead atoms. The van der Waals surface area contributed by atoms with Gasteiger partial charge in [0.15, 0.2) is 5.82 Å². The van der Waals surface area contributed by atoms with Crippen LogP contribution in [0.3, 0.4) is 0 Å². The van der Waals surface area contributed by atoms with Gasteiger partial charge in [0, 0.05) is 17.5 Å². The summed E-state index contributed by atoms with van der Waals surface area (Å²) in [6, 6.07) is 8.06. The van der Waals surface area contributed by atoms with Crippen molar-refractivity contribution >= 4 is 11.6 Å². The standard InChI is InChI=1S/C13H18ClN5/c1-3-8-15-12(9-13-16-18-19(2)17-13)10-4-6-11(14)7-5-10/h4-7,12,15H,3,8-9H2,1-2H3. The molecule has 1 aromatic heterocycles. The Kier molecular flexibility index (Phi) is 4.87. The van der Waals surface area contributed by atoms with Gasteiger partial charge < -0.3 is 5.32 Å². The first-order valence-electron chi connectivity index (χ1n) is 6.40. The number of hydrogen-bond acceptors (Lipinski definition) is 4. The Labute approximate surface area is 118 Å². The number of benzene rings is 1. The lowest BCUT2D eigenvalue weighted by atomic mass is 10.0. The van der Waals surface area contributed by atoms with Crippen molar-refractivity contribution in [2.24, 2.45) is 7.05 Å². The molecule has 5 nitrogen and oxygen atoms in total. The molecule has 0 saturated heterocycles. The second-order valence-corrected chi connectivity index (χ2v) is 4.89. The normalized spacial score (nSPS) is 12.6. The van der Waals surface area contributed by atoms with Crippen LogP contribution in [0.4, 0.5) is 0 Å². The fourth-order valence-corrected chi connectivity index (χ4v) is 2.04. The molecule has 0 amide bonds. The van der Waals surface area contributed by atoms with Crippen LogP contribution in [0.2, 0.25) is 5.02 Å². The summed E-state index contributed by atoms with van der Waals surface area (Å²) in [5, 5.41) is 16.4. The van der Waals surface area contributed by atoms with E-state index >= 15 is 0 Å². The molecular weight excluding hydrogens is 262 g/mol. The maximum absolute atomic E-state index is 5.93. The highest BCUT2D eigenvalue weighted by molar-refractivity contribution is 6.30. The first-order valence-corrected chi connectivity index (χ1v) is 6.78. The number of nitrogens with zero attached hydrogens (tertiary/aromatic N) is 4. The molecule has 1 aromatic carbocycles. The summed E-state index contributed by atoms with van der Waals surface area (Å²) in [6.45, 7) is 3.10. The average molecular weight is 280 g/mol. The molecule has 0 aliphatic carbocycles. The van der Waals surface area contributed by atoms with Crippen LogP contribution in [0.25, 0.3) is 0 Å². The Bertz CT molecular complexity index is 508. The first-order chi connectivity index (χ1) is 9.19. The quantitative estimate of drug-likeness (QED) is 0.880. The highest BCUT2D eigenvalue weighted by atomic mass is 35.5. The van der Waals surface area contributed by atoms with E-state index in [1.54, 1.807) is 7.05 Å². The number of halogens is 1. The van der Waals surface area contributed by atoms with E-state index in [-0.39, 0.29) is 6.04 Å².